The van der Waals surface area contributed by atoms with Crippen LogP contribution in [0.2, 0.25) is 0 Å². The SMILES string of the molecule is CC(=O)c1ccc(OC2CCC(C)CC2)cc1Br. The maximum Gasteiger partial charge on any atom is 0.160 e. The summed E-state index contributed by atoms with van der Waals surface area (Å²) in [6, 6.07) is 5.61. The molecule has 0 bridgehead atoms. The number of benzene rings is 1. The van der Waals surface area contributed by atoms with Gasteiger partial charge in [-0.3, -0.25) is 4.79 Å². The molecule has 0 saturated heterocycles. The van der Waals surface area contributed by atoms with Gasteiger partial charge in [-0.1, -0.05) is 6.92 Å². The molecule has 3 heteroatoms. The molecular formula is C15H19BrO2. The van der Waals surface area contributed by atoms with Crippen LogP contribution in [0.5, 0.6) is 5.75 Å². The average Bonchev–Trinajstić information content (AvgIpc) is 2.32. The summed E-state index contributed by atoms with van der Waals surface area (Å²) >= 11 is 3.42. The molecule has 1 aromatic carbocycles. The van der Waals surface area contributed by atoms with Crippen LogP contribution in [0.3, 0.4) is 0 Å². The maximum atomic E-state index is 11.3. The monoisotopic (exact) mass is 310 g/mol. The zero-order valence-electron chi connectivity index (χ0n) is 10.9. The minimum absolute atomic E-state index is 0.0694. The fraction of sp³-hybridized carbons (Fsp3) is 0.533. The highest BCUT2D eigenvalue weighted by Crippen LogP contribution is 2.29. The molecule has 2 nitrogen and oxygen atoms in total. The molecule has 0 aromatic heterocycles. The highest BCUT2D eigenvalue weighted by atomic mass is 79.9. The molecule has 1 saturated carbocycles. The molecule has 0 atom stereocenters. The van der Waals surface area contributed by atoms with Crippen molar-refractivity contribution in [1.82, 2.24) is 0 Å². The van der Waals surface area contributed by atoms with Crippen molar-refractivity contribution in [1.29, 1.82) is 0 Å². The van der Waals surface area contributed by atoms with Gasteiger partial charge in [-0.25, -0.2) is 0 Å². The lowest BCUT2D eigenvalue weighted by molar-refractivity contribution is 0.101. The number of rotatable bonds is 3. The van der Waals surface area contributed by atoms with Gasteiger partial charge in [0.25, 0.3) is 0 Å². The van der Waals surface area contributed by atoms with Crippen molar-refractivity contribution in [2.75, 3.05) is 0 Å². The number of carbonyl (C=O) groups excluding carboxylic acids is 1. The second-order valence-electron chi connectivity index (χ2n) is 5.20. The molecule has 0 heterocycles. The summed E-state index contributed by atoms with van der Waals surface area (Å²) in [6.45, 7) is 3.87. The number of halogens is 1. The number of ether oxygens (including phenoxy) is 1. The first-order valence-electron chi connectivity index (χ1n) is 6.53. The summed E-state index contributed by atoms with van der Waals surface area (Å²) in [5.41, 5.74) is 0.708. The van der Waals surface area contributed by atoms with E-state index in [9.17, 15) is 4.79 Å². The van der Waals surface area contributed by atoms with Crippen LogP contribution in [0.15, 0.2) is 22.7 Å². The second kappa shape index (κ2) is 5.87. The number of ketones is 1. The lowest BCUT2D eigenvalue weighted by Crippen LogP contribution is -2.23. The first kappa shape index (κ1) is 13.6. The Labute approximate surface area is 117 Å². The van der Waals surface area contributed by atoms with Crippen molar-refractivity contribution in [2.45, 2.75) is 45.6 Å². The summed E-state index contributed by atoms with van der Waals surface area (Å²) in [5.74, 6) is 1.75. The fourth-order valence-corrected chi connectivity index (χ4v) is 3.03. The first-order valence-corrected chi connectivity index (χ1v) is 7.32. The minimum Gasteiger partial charge on any atom is -0.490 e. The Hall–Kier alpha value is -0.830. The Morgan fingerprint density at radius 3 is 2.50 bits per heavy atom. The molecule has 0 aliphatic heterocycles. The van der Waals surface area contributed by atoms with Gasteiger partial charge < -0.3 is 4.74 Å². The van der Waals surface area contributed by atoms with Gasteiger partial charge in [-0.15, -0.1) is 0 Å². The van der Waals surface area contributed by atoms with Gasteiger partial charge in [0.05, 0.1) is 6.10 Å². The van der Waals surface area contributed by atoms with E-state index < -0.39 is 0 Å². The van der Waals surface area contributed by atoms with Crippen molar-refractivity contribution in [3.8, 4) is 5.75 Å². The van der Waals surface area contributed by atoms with Gasteiger partial charge in [0.15, 0.2) is 5.78 Å². The number of carbonyl (C=O) groups is 1. The molecular weight excluding hydrogens is 292 g/mol. The Kier molecular flexibility index (Phi) is 4.44. The van der Waals surface area contributed by atoms with Crippen LogP contribution in [0.4, 0.5) is 0 Å². The van der Waals surface area contributed by atoms with Gasteiger partial charge >= 0.3 is 0 Å². The van der Waals surface area contributed by atoms with Crippen molar-refractivity contribution >= 4 is 21.7 Å². The molecule has 1 aliphatic rings. The van der Waals surface area contributed by atoms with E-state index in [0.717, 1.165) is 29.0 Å². The lowest BCUT2D eigenvalue weighted by atomic mass is 9.89. The van der Waals surface area contributed by atoms with Gasteiger partial charge in [-0.2, -0.15) is 0 Å². The maximum absolute atomic E-state index is 11.3. The third-order valence-corrected chi connectivity index (χ3v) is 4.24. The van der Waals surface area contributed by atoms with Crippen molar-refractivity contribution in [3.63, 3.8) is 0 Å². The second-order valence-corrected chi connectivity index (χ2v) is 6.05. The smallest absolute Gasteiger partial charge is 0.160 e. The fourth-order valence-electron chi connectivity index (χ4n) is 2.39. The zero-order chi connectivity index (χ0) is 13.1. The van der Waals surface area contributed by atoms with Crippen molar-refractivity contribution in [2.24, 2.45) is 5.92 Å². The van der Waals surface area contributed by atoms with E-state index in [4.69, 9.17) is 4.74 Å². The summed E-state index contributed by atoms with van der Waals surface area (Å²) in [6.07, 6.45) is 5.09. The molecule has 18 heavy (non-hydrogen) atoms. The summed E-state index contributed by atoms with van der Waals surface area (Å²) < 4.78 is 6.79. The molecule has 0 spiro atoms. The van der Waals surface area contributed by atoms with Gasteiger partial charge in [0, 0.05) is 10.0 Å². The van der Waals surface area contributed by atoms with Crippen molar-refractivity contribution < 1.29 is 9.53 Å². The molecule has 0 N–H and O–H groups in total. The Bertz CT molecular complexity index is 434. The predicted octanol–water partition coefficient (Wildman–Crippen LogP) is 4.61. The van der Waals surface area contributed by atoms with Crippen LogP contribution in [0.1, 0.15) is 49.9 Å². The third-order valence-electron chi connectivity index (χ3n) is 3.59. The normalized spacial score (nSPS) is 23.7. The van der Waals surface area contributed by atoms with Crippen LogP contribution in [-0.2, 0) is 0 Å². The first-order chi connectivity index (χ1) is 8.56. The summed E-state index contributed by atoms with van der Waals surface area (Å²) in [7, 11) is 0. The molecule has 0 unspecified atom stereocenters. The molecule has 98 valence electrons. The van der Waals surface area contributed by atoms with E-state index in [1.807, 2.05) is 18.2 Å². The van der Waals surface area contributed by atoms with Gasteiger partial charge in [-0.05, 0) is 72.7 Å². The van der Waals surface area contributed by atoms with E-state index >= 15 is 0 Å². The standard InChI is InChI=1S/C15H19BrO2/c1-10-3-5-12(6-4-10)18-13-7-8-14(11(2)17)15(16)9-13/h7-10,12H,3-6H2,1-2H3. The largest absolute Gasteiger partial charge is 0.490 e. The van der Waals surface area contributed by atoms with E-state index in [1.165, 1.54) is 12.8 Å². The zero-order valence-corrected chi connectivity index (χ0v) is 12.5. The van der Waals surface area contributed by atoms with Crippen LogP contribution in [-0.4, -0.2) is 11.9 Å². The summed E-state index contributed by atoms with van der Waals surface area (Å²) in [4.78, 5) is 11.3. The summed E-state index contributed by atoms with van der Waals surface area (Å²) in [5, 5.41) is 0. The van der Waals surface area contributed by atoms with E-state index in [2.05, 4.69) is 22.9 Å². The molecule has 1 aromatic rings. The molecule has 1 fully saturated rings. The van der Waals surface area contributed by atoms with Crippen LogP contribution in [0, 0.1) is 5.92 Å². The van der Waals surface area contributed by atoms with Crippen LogP contribution >= 0.6 is 15.9 Å². The number of hydrogen-bond donors (Lipinski definition) is 0. The van der Waals surface area contributed by atoms with Crippen molar-refractivity contribution in [3.05, 3.63) is 28.2 Å². The van der Waals surface area contributed by atoms with Crippen LogP contribution < -0.4 is 4.74 Å². The third kappa shape index (κ3) is 3.35. The van der Waals surface area contributed by atoms with E-state index in [0.29, 0.717) is 11.7 Å². The Balaban J connectivity index is 2.02. The average molecular weight is 311 g/mol. The Morgan fingerprint density at radius 2 is 1.94 bits per heavy atom. The molecule has 2 rings (SSSR count). The topological polar surface area (TPSA) is 26.3 Å². The van der Waals surface area contributed by atoms with E-state index in [1.54, 1.807) is 6.92 Å². The lowest BCUT2D eigenvalue weighted by Gasteiger charge is -2.27. The predicted molar refractivity (Wildman–Crippen MR) is 76.2 cm³/mol. The highest BCUT2D eigenvalue weighted by molar-refractivity contribution is 9.10. The molecule has 0 radical (unpaired) electrons. The van der Waals surface area contributed by atoms with E-state index in [-0.39, 0.29) is 5.78 Å². The van der Waals surface area contributed by atoms with Crippen LogP contribution in [0.25, 0.3) is 0 Å². The minimum atomic E-state index is 0.0694. The molecule has 0 amide bonds. The highest BCUT2D eigenvalue weighted by Gasteiger charge is 2.19. The van der Waals surface area contributed by atoms with Gasteiger partial charge in [0.2, 0.25) is 0 Å². The Morgan fingerprint density at radius 1 is 1.28 bits per heavy atom. The quantitative estimate of drug-likeness (QED) is 0.762. The number of hydrogen-bond acceptors (Lipinski definition) is 2. The molecule has 1 aliphatic carbocycles. The van der Waals surface area contributed by atoms with Gasteiger partial charge in [0.1, 0.15) is 5.75 Å². The number of Topliss-reactive ketones (excluding diaryl/α,β-unsaturated/α-hetero) is 1.